The van der Waals surface area contributed by atoms with Crippen molar-refractivity contribution in [2.45, 2.75) is 12.8 Å². The van der Waals surface area contributed by atoms with E-state index in [0.717, 1.165) is 22.3 Å². The van der Waals surface area contributed by atoms with Gasteiger partial charge in [-0.05, 0) is 23.3 Å². The molecular formula is C16H12N2. The highest BCUT2D eigenvalue weighted by molar-refractivity contribution is 5.49. The molecule has 0 atom stereocenters. The molecule has 0 aromatic heterocycles. The third-order valence-corrected chi connectivity index (χ3v) is 2.87. The van der Waals surface area contributed by atoms with Crippen molar-refractivity contribution >= 4 is 0 Å². The molecule has 0 aliphatic heterocycles. The third kappa shape index (κ3) is 2.75. The maximum atomic E-state index is 9.01. The second kappa shape index (κ2) is 5.66. The summed E-state index contributed by atoms with van der Waals surface area (Å²) in [5.74, 6) is 0. The maximum Gasteiger partial charge on any atom is 0.0950 e. The van der Waals surface area contributed by atoms with E-state index < -0.39 is 0 Å². The van der Waals surface area contributed by atoms with Crippen molar-refractivity contribution in [2.24, 2.45) is 0 Å². The van der Waals surface area contributed by atoms with Crippen LogP contribution in [0.4, 0.5) is 0 Å². The van der Waals surface area contributed by atoms with Crippen molar-refractivity contribution in [2.75, 3.05) is 0 Å². The van der Waals surface area contributed by atoms with Crippen molar-refractivity contribution in [1.29, 1.82) is 10.5 Å². The molecule has 0 heterocycles. The van der Waals surface area contributed by atoms with E-state index in [1.54, 1.807) is 0 Å². The van der Waals surface area contributed by atoms with Crippen LogP contribution in [-0.2, 0) is 0 Å². The molecule has 0 spiro atoms. The Morgan fingerprint density at radius 3 is 1.44 bits per heavy atom. The van der Waals surface area contributed by atoms with Crippen LogP contribution in [0.1, 0.15) is 12.8 Å². The fraction of sp³-hybridized carbons (Fsp3) is 0.125. The van der Waals surface area contributed by atoms with E-state index in [-0.39, 0.29) is 0 Å². The van der Waals surface area contributed by atoms with Gasteiger partial charge in [0.2, 0.25) is 0 Å². The fourth-order valence-electron chi connectivity index (χ4n) is 1.93. The van der Waals surface area contributed by atoms with E-state index in [1.807, 2.05) is 48.6 Å². The quantitative estimate of drug-likeness (QED) is 0.692. The Hall–Kier alpha value is -2.58. The lowest BCUT2D eigenvalue weighted by Crippen LogP contribution is -1.93. The minimum Gasteiger partial charge on any atom is -0.193 e. The summed E-state index contributed by atoms with van der Waals surface area (Å²) in [5, 5.41) is 18.0. The van der Waals surface area contributed by atoms with Crippen LogP contribution in [0.3, 0.4) is 0 Å². The minimum atomic E-state index is 0.627. The van der Waals surface area contributed by atoms with Crippen molar-refractivity contribution in [3.05, 3.63) is 70.9 Å². The summed E-state index contributed by atoms with van der Waals surface area (Å²) in [6.07, 6.45) is 16.6. The molecular weight excluding hydrogens is 220 g/mol. The van der Waals surface area contributed by atoms with Crippen LogP contribution in [0, 0.1) is 22.7 Å². The molecule has 2 heteroatoms. The first-order chi connectivity index (χ1) is 8.83. The lowest BCUT2D eigenvalue weighted by molar-refractivity contribution is 1.09. The second-order valence-electron chi connectivity index (χ2n) is 4.11. The molecule has 0 fully saturated rings. The molecule has 0 aromatic carbocycles. The third-order valence-electron chi connectivity index (χ3n) is 2.87. The summed E-state index contributed by atoms with van der Waals surface area (Å²) in [5.41, 5.74) is 3.69. The molecule has 0 radical (unpaired) electrons. The number of rotatable bonds is 1. The lowest BCUT2D eigenvalue weighted by atomic mass is 9.94. The molecule has 2 rings (SSSR count). The minimum absolute atomic E-state index is 0.627. The topological polar surface area (TPSA) is 47.6 Å². The van der Waals surface area contributed by atoms with Crippen LogP contribution in [0.25, 0.3) is 0 Å². The molecule has 86 valence electrons. The summed E-state index contributed by atoms with van der Waals surface area (Å²) in [4.78, 5) is 0. The van der Waals surface area contributed by atoms with E-state index in [1.165, 1.54) is 0 Å². The van der Waals surface area contributed by atoms with Gasteiger partial charge in [0.1, 0.15) is 0 Å². The fourth-order valence-corrected chi connectivity index (χ4v) is 1.93. The molecule has 0 unspecified atom stereocenters. The van der Waals surface area contributed by atoms with Gasteiger partial charge in [-0.25, -0.2) is 0 Å². The van der Waals surface area contributed by atoms with Crippen molar-refractivity contribution in [3.8, 4) is 12.1 Å². The summed E-state index contributed by atoms with van der Waals surface area (Å²) in [6.45, 7) is 0. The van der Waals surface area contributed by atoms with Gasteiger partial charge in [0.15, 0.2) is 0 Å². The van der Waals surface area contributed by atoms with Gasteiger partial charge in [0.25, 0.3) is 0 Å². The molecule has 2 aliphatic rings. The molecule has 0 saturated carbocycles. The zero-order valence-corrected chi connectivity index (χ0v) is 9.93. The number of hydrogen-bond acceptors (Lipinski definition) is 2. The Kier molecular flexibility index (Phi) is 3.74. The van der Waals surface area contributed by atoms with Crippen LogP contribution < -0.4 is 0 Å². The number of nitrogens with zero attached hydrogens (tertiary/aromatic N) is 2. The number of nitriles is 2. The summed E-state index contributed by atoms with van der Waals surface area (Å²) in [7, 11) is 0. The molecule has 0 bridgehead atoms. The Bertz CT molecular complexity index is 552. The maximum absolute atomic E-state index is 9.01. The van der Waals surface area contributed by atoms with Gasteiger partial charge in [-0.15, -0.1) is 0 Å². The standard InChI is InChI=1S/C16H12N2/c17-11-13-5-1-3-7-15(9-13)16-8-4-2-6-14(10-16)12-18/h1-8H,9-10H2. The summed E-state index contributed by atoms with van der Waals surface area (Å²) >= 11 is 0. The monoisotopic (exact) mass is 232 g/mol. The zero-order valence-electron chi connectivity index (χ0n) is 9.93. The first-order valence-corrected chi connectivity index (χ1v) is 5.77. The van der Waals surface area contributed by atoms with Gasteiger partial charge in [-0.2, -0.15) is 10.5 Å². The van der Waals surface area contributed by atoms with Gasteiger partial charge in [0, 0.05) is 24.0 Å². The van der Waals surface area contributed by atoms with Gasteiger partial charge >= 0.3 is 0 Å². The first-order valence-electron chi connectivity index (χ1n) is 5.77. The van der Waals surface area contributed by atoms with Crippen molar-refractivity contribution in [1.82, 2.24) is 0 Å². The number of hydrogen-bond donors (Lipinski definition) is 0. The van der Waals surface area contributed by atoms with Gasteiger partial charge in [-0.1, -0.05) is 36.5 Å². The van der Waals surface area contributed by atoms with E-state index in [9.17, 15) is 0 Å². The van der Waals surface area contributed by atoms with E-state index in [4.69, 9.17) is 10.5 Å². The zero-order chi connectivity index (χ0) is 12.8. The number of allylic oxidation sites excluding steroid dienone is 12. The summed E-state index contributed by atoms with van der Waals surface area (Å²) in [6, 6.07) is 4.40. The average molecular weight is 232 g/mol. The first kappa shape index (κ1) is 11.9. The van der Waals surface area contributed by atoms with Crippen LogP contribution in [0.5, 0.6) is 0 Å². The Balaban J connectivity index is 2.29. The van der Waals surface area contributed by atoms with Crippen molar-refractivity contribution < 1.29 is 0 Å². The predicted molar refractivity (Wildman–Crippen MR) is 71.1 cm³/mol. The molecule has 0 N–H and O–H groups in total. The van der Waals surface area contributed by atoms with Crippen LogP contribution in [0.2, 0.25) is 0 Å². The SMILES string of the molecule is N#CC1=CC=CC=C(C2=CC=CC=C(C#N)C2)C1. The van der Waals surface area contributed by atoms with E-state index >= 15 is 0 Å². The molecule has 2 aliphatic carbocycles. The highest BCUT2D eigenvalue weighted by Crippen LogP contribution is 2.27. The van der Waals surface area contributed by atoms with Gasteiger partial charge < -0.3 is 0 Å². The predicted octanol–water partition coefficient (Wildman–Crippen LogP) is 3.66. The molecule has 0 amide bonds. The molecule has 0 aromatic rings. The highest BCUT2D eigenvalue weighted by atomic mass is 14.3. The van der Waals surface area contributed by atoms with Crippen LogP contribution >= 0.6 is 0 Å². The lowest BCUT2D eigenvalue weighted by Gasteiger charge is -2.09. The Morgan fingerprint density at radius 2 is 1.06 bits per heavy atom. The largest absolute Gasteiger partial charge is 0.193 e. The molecule has 18 heavy (non-hydrogen) atoms. The summed E-state index contributed by atoms with van der Waals surface area (Å²) < 4.78 is 0. The van der Waals surface area contributed by atoms with Gasteiger partial charge in [-0.3, -0.25) is 0 Å². The molecule has 2 nitrogen and oxygen atoms in total. The molecule has 0 saturated heterocycles. The Morgan fingerprint density at radius 1 is 0.667 bits per heavy atom. The van der Waals surface area contributed by atoms with E-state index in [2.05, 4.69) is 12.1 Å². The smallest absolute Gasteiger partial charge is 0.0950 e. The average Bonchev–Trinajstić information content (AvgIpc) is 2.78. The van der Waals surface area contributed by atoms with E-state index in [0.29, 0.717) is 12.8 Å². The van der Waals surface area contributed by atoms with Gasteiger partial charge in [0.05, 0.1) is 12.1 Å². The van der Waals surface area contributed by atoms with Crippen LogP contribution in [0.15, 0.2) is 70.9 Å². The Labute approximate surface area is 107 Å². The normalized spacial score (nSPS) is 18.3. The second-order valence-corrected chi connectivity index (χ2v) is 4.11. The highest BCUT2D eigenvalue weighted by Gasteiger charge is 2.11. The van der Waals surface area contributed by atoms with Crippen LogP contribution in [-0.4, -0.2) is 0 Å². The van der Waals surface area contributed by atoms with Crippen molar-refractivity contribution in [3.63, 3.8) is 0 Å².